The molecule has 0 bridgehead atoms. The second-order valence-electron chi connectivity index (χ2n) is 7.96. The first kappa shape index (κ1) is 19.6. The predicted molar refractivity (Wildman–Crippen MR) is 144 cm³/mol. The zero-order chi connectivity index (χ0) is 22.0. The van der Waals surface area contributed by atoms with Crippen LogP contribution in [0.25, 0.3) is 20.2 Å². The van der Waals surface area contributed by atoms with Crippen LogP contribution in [0.3, 0.4) is 0 Å². The van der Waals surface area contributed by atoms with Crippen molar-refractivity contribution < 1.29 is 0 Å². The minimum atomic E-state index is 1.10. The van der Waals surface area contributed by atoms with Crippen LogP contribution < -0.4 is 10.2 Å². The van der Waals surface area contributed by atoms with E-state index in [-0.39, 0.29) is 0 Å². The predicted octanol–water partition coefficient (Wildman–Crippen LogP) is 9.27. The van der Waals surface area contributed by atoms with Gasteiger partial charge in [0, 0.05) is 38.2 Å². The summed E-state index contributed by atoms with van der Waals surface area (Å²) in [6, 6.07) is 44.8. The summed E-state index contributed by atoms with van der Waals surface area (Å²) >= 11 is 1.85. The molecule has 33 heavy (non-hydrogen) atoms. The van der Waals surface area contributed by atoms with Crippen molar-refractivity contribution in [3.63, 3.8) is 0 Å². The summed E-state index contributed by atoms with van der Waals surface area (Å²) in [5.41, 5.74) is 5.70. The molecule has 0 saturated heterocycles. The van der Waals surface area contributed by atoms with Crippen molar-refractivity contribution in [3.8, 4) is 0 Å². The summed E-state index contributed by atoms with van der Waals surface area (Å²) in [7, 11) is 0. The average molecular weight is 443 g/mol. The molecule has 0 amide bonds. The number of nitrogens with one attached hydrogen (secondary N) is 1. The van der Waals surface area contributed by atoms with Gasteiger partial charge in [0.2, 0.25) is 0 Å². The quantitative estimate of drug-likeness (QED) is 0.286. The van der Waals surface area contributed by atoms with Crippen molar-refractivity contribution in [2.75, 3.05) is 10.2 Å². The van der Waals surface area contributed by atoms with Crippen LogP contribution >= 0.6 is 11.3 Å². The van der Waals surface area contributed by atoms with Crippen molar-refractivity contribution in [2.45, 2.75) is 0 Å². The number of anilines is 5. The van der Waals surface area contributed by atoms with E-state index in [0.717, 1.165) is 22.7 Å². The van der Waals surface area contributed by atoms with Crippen LogP contribution in [0.2, 0.25) is 0 Å². The number of para-hydroxylation sites is 3. The highest BCUT2D eigenvalue weighted by atomic mass is 32.1. The van der Waals surface area contributed by atoms with Gasteiger partial charge in [-0.05, 0) is 54.6 Å². The highest BCUT2D eigenvalue weighted by Crippen LogP contribution is 2.45. The molecule has 158 valence electrons. The molecule has 0 unspecified atom stereocenters. The fraction of sp³-hybridized carbons (Fsp3) is 0. The lowest BCUT2D eigenvalue weighted by Crippen LogP contribution is -2.09. The minimum absolute atomic E-state index is 1.10. The van der Waals surface area contributed by atoms with E-state index >= 15 is 0 Å². The van der Waals surface area contributed by atoms with Crippen LogP contribution in [0.15, 0.2) is 127 Å². The molecule has 1 N–H and O–H groups in total. The molecule has 0 fully saturated rings. The molecule has 0 aliphatic heterocycles. The number of rotatable bonds is 5. The highest BCUT2D eigenvalue weighted by molar-refractivity contribution is 7.26. The van der Waals surface area contributed by atoms with E-state index in [9.17, 15) is 0 Å². The number of hydrogen-bond acceptors (Lipinski definition) is 3. The smallest absolute Gasteiger partial charge is 0.0640 e. The summed E-state index contributed by atoms with van der Waals surface area (Å²) in [6.07, 6.45) is 0. The number of fused-ring (bicyclic) bond motifs is 3. The van der Waals surface area contributed by atoms with Gasteiger partial charge in [0.05, 0.1) is 10.4 Å². The Balaban J connectivity index is 1.51. The molecule has 0 aliphatic rings. The molecular formula is C30H22N2S. The van der Waals surface area contributed by atoms with E-state index in [1.54, 1.807) is 0 Å². The summed E-state index contributed by atoms with van der Waals surface area (Å²) in [4.78, 5) is 2.35. The van der Waals surface area contributed by atoms with Crippen LogP contribution in [0.5, 0.6) is 0 Å². The molecule has 1 heterocycles. The molecule has 0 atom stereocenters. The number of nitrogens with zero attached hydrogens (tertiary/aromatic N) is 1. The monoisotopic (exact) mass is 442 g/mol. The second-order valence-corrected chi connectivity index (χ2v) is 9.02. The Morgan fingerprint density at radius 2 is 1.15 bits per heavy atom. The highest BCUT2D eigenvalue weighted by Gasteiger charge is 2.17. The standard InChI is InChI=1S/C30H22N2S/c1-4-11-22(12-5-1)31-23-19-20-26-27-17-10-18-28(30(27)33-29(26)21-23)32(24-13-6-2-7-14-24)25-15-8-3-9-16-25/h1-21,31H. The van der Waals surface area contributed by atoms with Gasteiger partial charge in [-0.3, -0.25) is 0 Å². The van der Waals surface area contributed by atoms with Gasteiger partial charge in [-0.2, -0.15) is 0 Å². The molecule has 5 aromatic carbocycles. The van der Waals surface area contributed by atoms with Gasteiger partial charge in [0.25, 0.3) is 0 Å². The fourth-order valence-electron chi connectivity index (χ4n) is 4.31. The number of benzene rings is 5. The summed E-state index contributed by atoms with van der Waals surface area (Å²) in [5, 5.41) is 6.10. The maximum atomic E-state index is 3.53. The van der Waals surface area contributed by atoms with E-state index < -0.39 is 0 Å². The normalized spacial score (nSPS) is 11.0. The van der Waals surface area contributed by atoms with E-state index in [1.165, 1.54) is 25.9 Å². The molecule has 0 saturated carbocycles. The molecular weight excluding hydrogens is 420 g/mol. The molecule has 3 heteroatoms. The van der Waals surface area contributed by atoms with E-state index in [1.807, 2.05) is 29.5 Å². The van der Waals surface area contributed by atoms with Gasteiger partial charge in [-0.1, -0.05) is 72.8 Å². The molecule has 2 nitrogen and oxygen atoms in total. The maximum absolute atomic E-state index is 3.53. The SMILES string of the molecule is c1ccc(Nc2ccc3c(c2)sc2c(N(c4ccccc4)c4ccccc4)cccc23)cc1. The summed E-state index contributed by atoms with van der Waals surface area (Å²) in [6.45, 7) is 0. The number of thiophene rings is 1. The summed E-state index contributed by atoms with van der Waals surface area (Å²) < 4.78 is 2.57. The van der Waals surface area contributed by atoms with Crippen molar-refractivity contribution in [3.05, 3.63) is 127 Å². The minimum Gasteiger partial charge on any atom is -0.355 e. The molecule has 1 aromatic heterocycles. The average Bonchev–Trinajstić information content (AvgIpc) is 3.25. The Morgan fingerprint density at radius 1 is 0.515 bits per heavy atom. The van der Waals surface area contributed by atoms with Crippen LogP contribution in [-0.4, -0.2) is 0 Å². The van der Waals surface area contributed by atoms with Crippen LogP contribution in [0, 0.1) is 0 Å². The number of hydrogen-bond donors (Lipinski definition) is 1. The molecule has 0 aliphatic carbocycles. The Hall–Kier alpha value is -4.08. The molecule has 0 radical (unpaired) electrons. The van der Waals surface area contributed by atoms with Gasteiger partial charge < -0.3 is 10.2 Å². The summed E-state index contributed by atoms with van der Waals surface area (Å²) in [5.74, 6) is 0. The van der Waals surface area contributed by atoms with Crippen molar-refractivity contribution >= 4 is 59.9 Å². The zero-order valence-corrected chi connectivity index (χ0v) is 18.8. The third kappa shape index (κ3) is 3.73. The Morgan fingerprint density at radius 3 is 1.82 bits per heavy atom. The van der Waals surface area contributed by atoms with E-state index in [2.05, 4.69) is 119 Å². The van der Waals surface area contributed by atoms with Crippen LogP contribution in [-0.2, 0) is 0 Å². The first-order valence-electron chi connectivity index (χ1n) is 11.0. The first-order chi connectivity index (χ1) is 16.4. The Labute approximate surface area is 197 Å². The van der Waals surface area contributed by atoms with Gasteiger partial charge in [0.15, 0.2) is 0 Å². The third-order valence-electron chi connectivity index (χ3n) is 5.81. The lowest BCUT2D eigenvalue weighted by atomic mass is 10.1. The largest absolute Gasteiger partial charge is 0.355 e. The molecule has 0 spiro atoms. The van der Waals surface area contributed by atoms with E-state index in [4.69, 9.17) is 0 Å². The topological polar surface area (TPSA) is 15.3 Å². The van der Waals surface area contributed by atoms with Gasteiger partial charge in [-0.15, -0.1) is 11.3 Å². The van der Waals surface area contributed by atoms with Crippen molar-refractivity contribution in [1.82, 2.24) is 0 Å². The van der Waals surface area contributed by atoms with Crippen molar-refractivity contribution in [2.24, 2.45) is 0 Å². The zero-order valence-electron chi connectivity index (χ0n) is 18.0. The van der Waals surface area contributed by atoms with Crippen LogP contribution in [0.1, 0.15) is 0 Å². The third-order valence-corrected chi connectivity index (χ3v) is 7.00. The maximum Gasteiger partial charge on any atom is 0.0640 e. The lowest BCUT2D eigenvalue weighted by molar-refractivity contribution is 1.30. The molecule has 6 rings (SSSR count). The van der Waals surface area contributed by atoms with E-state index in [0.29, 0.717) is 0 Å². The lowest BCUT2D eigenvalue weighted by Gasteiger charge is -2.25. The van der Waals surface area contributed by atoms with Gasteiger partial charge in [0.1, 0.15) is 0 Å². The molecule has 6 aromatic rings. The van der Waals surface area contributed by atoms with Crippen LogP contribution in [0.4, 0.5) is 28.4 Å². The Bertz CT molecular complexity index is 1480. The second kappa shape index (κ2) is 8.45. The Kier molecular flexibility index (Phi) is 5.02. The van der Waals surface area contributed by atoms with Gasteiger partial charge >= 0.3 is 0 Å². The first-order valence-corrected chi connectivity index (χ1v) is 11.9. The fourth-order valence-corrected chi connectivity index (χ4v) is 5.55. The van der Waals surface area contributed by atoms with Gasteiger partial charge in [-0.25, -0.2) is 0 Å². The van der Waals surface area contributed by atoms with Crippen molar-refractivity contribution in [1.29, 1.82) is 0 Å².